The second kappa shape index (κ2) is 11.1. The van der Waals surface area contributed by atoms with Gasteiger partial charge in [0.15, 0.2) is 0 Å². The van der Waals surface area contributed by atoms with E-state index in [4.69, 9.17) is 4.74 Å². The lowest BCUT2D eigenvalue weighted by molar-refractivity contribution is -0.671. The third-order valence-electron chi connectivity index (χ3n) is 4.89. The number of unbranched alkanes of at least 4 members (excludes halogenated alkanes) is 3. The van der Waals surface area contributed by atoms with E-state index in [1.807, 2.05) is 69.7 Å². The molecule has 158 valence electrons. The van der Waals surface area contributed by atoms with Crippen molar-refractivity contribution in [3.63, 3.8) is 0 Å². The van der Waals surface area contributed by atoms with E-state index < -0.39 is 0 Å². The fourth-order valence-corrected chi connectivity index (χ4v) is 3.12. The standard InChI is InChI=1S/C24H32N5O/c1-27(2)23-12-8-21(9-13-23)25-26-22-10-14-24(15-11-22)30-19-7-5-4-6-16-29-18-17-28(3)20-29/h8-15,17-18,20H,4-7,16,19H2,1-3H3/q+1. The van der Waals surface area contributed by atoms with Crippen LogP contribution < -0.4 is 14.2 Å². The average molecular weight is 407 g/mol. The van der Waals surface area contributed by atoms with Crippen LogP contribution in [-0.2, 0) is 13.6 Å². The molecule has 0 amide bonds. The van der Waals surface area contributed by atoms with Crippen LogP contribution in [-0.4, -0.2) is 25.3 Å². The number of benzene rings is 2. The number of ether oxygens (including phenoxy) is 1. The summed E-state index contributed by atoms with van der Waals surface area (Å²) in [7, 11) is 6.09. The number of rotatable bonds is 11. The molecule has 1 aromatic heterocycles. The Bertz CT molecular complexity index is 914. The minimum Gasteiger partial charge on any atom is -0.494 e. The second-order valence-electron chi connectivity index (χ2n) is 7.68. The van der Waals surface area contributed by atoms with Gasteiger partial charge in [-0.1, -0.05) is 0 Å². The fourth-order valence-electron chi connectivity index (χ4n) is 3.12. The molecule has 0 aliphatic rings. The molecule has 3 rings (SSSR count). The third-order valence-corrected chi connectivity index (χ3v) is 4.89. The van der Waals surface area contributed by atoms with Crippen molar-refractivity contribution >= 4 is 17.1 Å². The molecule has 0 atom stereocenters. The molecular formula is C24H32N5O+. The Balaban J connectivity index is 1.33. The number of imidazole rings is 1. The molecule has 0 spiro atoms. The summed E-state index contributed by atoms with van der Waals surface area (Å²) < 4.78 is 10.1. The van der Waals surface area contributed by atoms with Crippen LogP contribution in [0.5, 0.6) is 5.75 Å². The molecule has 0 aliphatic heterocycles. The Labute approximate surface area is 179 Å². The van der Waals surface area contributed by atoms with Crippen molar-refractivity contribution in [3.8, 4) is 5.75 Å². The van der Waals surface area contributed by atoms with Gasteiger partial charge in [-0.25, -0.2) is 9.13 Å². The largest absolute Gasteiger partial charge is 0.494 e. The van der Waals surface area contributed by atoms with E-state index in [1.165, 1.54) is 19.3 Å². The first-order valence-corrected chi connectivity index (χ1v) is 10.5. The summed E-state index contributed by atoms with van der Waals surface area (Å²) in [5.74, 6) is 0.879. The molecule has 1 heterocycles. The zero-order chi connectivity index (χ0) is 21.2. The SMILES string of the molecule is CN(C)c1ccc(N=Nc2ccc(OCCCCCCn3cc[n+](C)c3)cc2)cc1. The lowest BCUT2D eigenvalue weighted by Crippen LogP contribution is -2.23. The first kappa shape index (κ1) is 21.6. The summed E-state index contributed by atoms with van der Waals surface area (Å²) in [5, 5.41) is 8.60. The maximum atomic E-state index is 5.84. The minimum atomic E-state index is 0.748. The number of hydrogen-bond acceptors (Lipinski definition) is 4. The Morgan fingerprint density at radius 1 is 0.867 bits per heavy atom. The monoisotopic (exact) mass is 406 g/mol. The number of nitrogens with zero attached hydrogens (tertiary/aromatic N) is 5. The van der Waals surface area contributed by atoms with Crippen LogP contribution in [0.4, 0.5) is 17.1 Å². The average Bonchev–Trinajstić information content (AvgIpc) is 3.17. The highest BCUT2D eigenvalue weighted by Crippen LogP contribution is 2.23. The van der Waals surface area contributed by atoms with Crippen molar-refractivity contribution in [1.82, 2.24) is 4.57 Å². The molecule has 0 saturated carbocycles. The van der Waals surface area contributed by atoms with Gasteiger partial charge in [0.25, 0.3) is 0 Å². The van der Waals surface area contributed by atoms with Crippen LogP contribution in [0.1, 0.15) is 25.7 Å². The van der Waals surface area contributed by atoms with E-state index in [-0.39, 0.29) is 0 Å². The van der Waals surface area contributed by atoms with Crippen LogP contribution in [0.2, 0.25) is 0 Å². The van der Waals surface area contributed by atoms with Crippen molar-refractivity contribution in [3.05, 3.63) is 67.3 Å². The molecular weight excluding hydrogens is 374 g/mol. The van der Waals surface area contributed by atoms with Crippen molar-refractivity contribution in [1.29, 1.82) is 0 Å². The minimum absolute atomic E-state index is 0.748. The van der Waals surface area contributed by atoms with Gasteiger partial charge in [-0.3, -0.25) is 0 Å². The highest BCUT2D eigenvalue weighted by molar-refractivity contribution is 5.52. The fraction of sp³-hybridized carbons (Fsp3) is 0.375. The predicted octanol–water partition coefficient (Wildman–Crippen LogP) is 5.43. The van der Waals surface area contributed by atoms with Gasteiger partial charge >= 0.3 is 0 Å². The normalized spacial score (nSPS) is 11.2. The Morgan fingerprint density at radius 3 is 2.10 bits per heavy atom. The molecule has 0 bridgehead atoms. The van der Waals surface area contributed by atoms with Gasteiger partial charge in [-0.15, -0.1) is 0 Å². The Hall–Kier alpha value is -3.15. The molecule has 3 aromatic rings. The van der Waals surface area contributed by atoms with E-state index in [1.54, 1.807) is 0 Å². The number of hydrogen-bond donors (Lipinski definition) is 0. The summed E-state index contributed by atoms with van der Waals surface area (Å²) in [5.41, 5.74) is 2.80. The van der Waals surface area contributed by atoms with Crippen LogP contribution in [0.15, 0.2) is 77.5 Å². The first-order chi connectivity index (χ1) is 14.6. The quantitative estimate of drug-likeness (QED) is 0.242. The molecule has 0 radical (unpaired) electrons. The van der Waals surface area contributed by atoms with Crippen LogP contribution in [0.25, 0.3) is 0 Å². The van der Waals surface area contributed by atoms with Gasteiger partial charge in [0.1, 0.15) is 18.1 Å². The summed E-state index contributed by atoms with van der Waals surface area (Å²) in [6.07, 6.45) is 11.0. The van der Waals surface area contributed by atoms with E-state index in [0.717, 1.165) is 42.4 Å². The van der Waals surface area contributed by atoms with Crippen molar-refractivity contribution in [2.24, 2.45) is 17.3 Å². The van der Waals surface area contributed by atoms with Gasteiger partial charge in [-0.05, 0) is 74.2 Å². The molecule has 0 aliphatic carbocycles. The number of azo groups is 1. The topological polar surface area (TPSA) is 46.0 Å². The number of aromatic nitrogens is 2. The molecule has 2 aromatic carbocycles. The highest BCUT2D eigenvalue weighted by Gasteiger charge is 2.00. The van der Waals surface area contributed by atoms with E-state index >= 15 is 0 Å². The van der Waals surface area contributed by atoms with Gasteiger partial charge in [0.05, 0.1) is 31.6 Å². The van der Waals surface area contributed by atoms with Crippen LogP contribution >= 0.6 is 0 Å². The zero-order valence-electron chi connectivity index (χ0n) is 18.2. The van der Waals surface area contributed by atoms with Crippen molar-refractivity contribution < 1.29 is 9.30 Å². The van der Waals surface area contributed by atoms with Gasteiger partial charge in [0.2, 0.25) is 6.33 Å². The number of anilines is 1. The molecule has 0 saturated heterocycles. The van der Waals surface area contributed by atoms with Crippen LogP contribution in [0, 0.1) is 0 Å². The van der Waals surface area contributed by atoms with Crippen molar-refractivity contribution in [2.45, 2.75) is 32.2 Å². The molecule has 0 unspecified atom stereocenters. The zero-order valence-corrected chi connectivity index (χ0v) is 18.2. The van der Waals surface area contributed by atoms with E-state index in [9.17, 15) is 0 Å². The van der Waals surface area contributed by atoms with Crippen molar-refractivity contribution in [2.75, 3.05) is 25.6 Å². The molecule has 0 fully saturated rings. The third kappa shape index (κ3) is 7.03. The molecule has 0 N–H and O–H groups in total. The smallest absolute Gasteiger partial charge is 0.243 e. The predicted molar refractivity (Wildman–Crippen MR) is 121 cm³/mol. The summed E-state index contributed by atoms with van der Waals surface area (Å²) in [6.45, 7) is 1.83. The van der Waals surface area contributed by atoms with E-state index in [2.05, 4.69) is 43.0 Å². The van der Waals surface area contributed by atoms with E-state index in [0.29, 0.717) is 0 Å². The summed E-state index contributed by atoms with van der Waals surface area (Å²) >= 11 is 0. The van der Waals surface area contributed by atoms with Gasteiger partial charge < -0.3 is 9.64 Å². The lowest BCUT2D eigenvalue weighted by Gasteiger charge is -2.11. The Morgan fingerprint density at radius 2 is 1.50 bits per heavy atom. The maximum absolute atomic E-state index is 5.84. The Kier molecular flexibility index (Phi) is 8.01. The van der Waals surface area contributed by atoms with Gasteiger partial charge in [-0.2, -0.15) is 10.2 Å². The first-order valence-electron chi connectivity index (χ1n) is 10.5. The molecule has 30 heavy (non-hydrogen) atoms. The van der Waals surface area contributed by atoms with Gasteiger partial charge in [0, 0.05) is 19.8 Å². The summed E-state index contributed by atoms with van der Waals surface area (Å²) in [6, 6.07) is 15.8. The van der Waals surface area contributed by atoms with Crippen LogP contribution in [0.3, 0.4) is 0 Å². The maximum Gasteiger partial charge on any atom is 0.243 e. The number of aryl methyl sites for hydroxylation is 2. The highest BCUT2D eigenvalue weighted by atomic mass is 16.5. The second-order valence-corrected chi connectivity index (χ2v) is 7.68. The molecule has 6 nitrogen and oxygen atoms in total. The molecule has 6 heteroatoms. The lowest BCUT2D eigenvalue weighted by atomic mass is 10.2. The summed E-state index contributed by atoms with van der Waals surface area (Å²) in [4.78, 5) is 2.06.